The molecule has 6 nitrogen and oxygen atoms in total. The fourth-order valence-corrected chi connectivity index (χ4v) is 2.66. The quantitative estimate of drug-likeness (QED) is 0.227. The zero-order valence-corrected chi connectivity index (χ0v) is 12.8. The van der Waals surface area contributed by atoms with Crippen LogP contribution in [-0.4, -0.2) is 10.7 Å². The van der Waals surface area contributed by atoms with Crippen molar-refractivity contribution >= 4 is 39.7 Å². The molecule has 0 aliphatic carbocycles. The molecule has 0 aliphatic rings. The van der Waals surface area contributed by atoms with Crippen LogP contribution in [0.25, 0.3) is 28.0 Å². The van der Waals surface area contributed by atoms with Gasteiger partial charge in [0.25, 0.3) is 0 Å². The minimum absolute atomic E-state index is 0.230. The number of rotatable bonds is 4. The fourth-order valence-electron chi connectivity index (χ4n) is 2.66. The van der Waals surface area contributed by atoms with Gasteiger partial charge in [-0.05, 0) is 42.5 Å². The topological polar surface area (TPSA) is 86.5 Å². The summed E-state index contributed by atoms with van der Waals surface area (Å²) in [6.07, 6.45) is 2.74. The van der Waals surface area contributed by atoms with Gasteiger partial charge >= 0.3 is 5.88 Å². The van der Waals surface area contributed by atoms with Crippen molar-refractivity contribution in [3.8, 4) is 0 Å². The van der Waals surface area contributed by atoms with Crippen LogP contribution in [-0.2, 0) is 0 Å². The van der Waals surface area contributed by atoms with Gasteiger partial charge in [-0.2, -0.15) is 0 Å². The maximum Gasteiger partial charge on any atom is 0.433 e. The second kappa shape index (κ2) is 5.76. The van der Waals surface area contributed by atoms with Crippen LogP contribution in [0.1, 0.15) is 16.1 Å². The predicted octanol–water partition coefficient (Wildman–Crippen LogP) is 4.98. The van der Waals surface area contributed by atoms with E-state index in [9.17, 15) is 14.9 Å². The van der Waals surface area contributed by atoms with Crippen LogP contribution in [0.4, 0.5) is 5.88 Å². The van der Waals surface area contributed by atoms with Crippen LogP contribution in [0.2, 0.25) is 0 Å². The number of para-hydroxylation sites is 1. The molecule has 0 radical (unpaired) electrons. The van der Waals surface area contributed by atoms with Crippen LogP contribution in [0.5, 0.6) is 0 Å². The molecule has 0 atom stereocenters. The summed E-state index contributed by atoms with van der Waals surface area (Å²) < 4.78 is 10.7. The predicted molar refractivity (Wildman–Crippen MR) is 92.4 cm³/mol. The zero-order chi connectivity index (χ0) is 17.4. The number of nitro groups is 1. The summed E-state index contributed by atoms with van der Waals surface area (Å²) in [6.45, 7) is 0. The van der Waals surface area contributed by atoms with Crippen molar-refractivity contribution in [1.82, 2.24) is 0 Å². The van der Waals surface area contributed by atoms with Crippen molar-refractivity contribution in [2.75, 3.05) is 0 Å². The molecule has 0 fully saturated rings. The summed E-state index contributed by atoms with van der Waals surface area (Å²) in [5, 5.41) is 12.4. The first kappa shape index (κ1) is 14.9. The number of ketones is 1. The first-order valence-electron chi connectivity index (χ1n) is 7.50. The molecule has 122 valence electrons. The van der Waals surface area contributed by atoms with Crippen molar-refractivity contribution in [2.24, 2.45) is 0 Å². The van der Waals surface area contributed by atoms with Gasteiger partial charge in [0.1, 0.15) is 21.8 Å². The van der Waals surface area contributed by atoms with Gasteiger partial charge < -0.3 is 8.83 Å². The molecule has 2 aromatic carbocycles. The average Bonchev–Trinajstić information content (AvgIpc) is 3.23. The van der Waals surface area contributed by atoms with Crippen molar-refractivity contribution in [1.29, 1.82) is 0 Å². The van der Waals surface area contributed by atoms with E-state index >= 15 is 0 Å². The smallest absolute Gasteiger partial charge is 0.433 e. The number of carbonyl (C=O) groups excluding carboxylic acids is 1. The Morgan fingerprint density at radius 1 is 0.960 bits per heavy atom. The number of allylic oxidation sites excluding steroid dienone is 1. The molecule has 0 unspecified atom stereocenters. The molecular formula is C19H11NO5. The van der Waals surface area contributed by atoms with E-state index in [-0.39, 0.29) is 17.4 Å². The van der Waals surface area contributed by atoms with E-state index in [1.54, 1.807) is 18.2 Å². The highest BCUT2D eigenvalue weighted by Crippen LogP contribution is 2.29. The Balaban J connectivity index is 1.66. The summed E-state index contributed by atoms with van der Waals surface area (Å²) >= 11 is 0. The van der Waals surface area contributed by atoms with Crippen molar-refractivity contribution in [3.05, 3.63) is 82.1 Å². The number of benzene rings is 2. The van der Waals surface area contributed by atoms with E-state index in [1.807, 2.05) is 24.3 Å². The van der Waals surface area contributed by atoms with Crippen molar-refractivity contribution < 1.29 is 18.6 Å². The highest BCUT2D eigenvalue weighted by Gasteiger charge is 2.12. The maximum atomic E-state index is 12.4. The number of nitrogens with zero attached hydrogens (tertiary/aromatic N) is 1. The molecule has 2 heterocycles. The summed E-state index contributed by atoms with van der Waals surface area (Å²) in [5.74, 6) is -0.348. The third kappa shape index (κ3) is 2.70. The lowest BCUT2D eigenvalue weighted by Gasteiger charge is -1.96. The second-order valence-corrected chi connectivity index (χ2v) is 5.44. The van der Waals surface area contributed by atoms with E-state index in [1.165, 1.54) is 24.3 Å². The Bertz CT molecular complexity index is 1150. The highest BCUT2D eigenvalue weighted by molar-refractivity contribution is 6.12. The summed E-state index contributed by atoms with van der Waals surface area (Å²) in [7, 11) is 0. The van der Waals surface area contributed by atoms with Gasteiger partial charge in [-0.15, -0.1) is 0 Å². The van der Waals surface area contributed by atoms with Gasteiger partial charge in [-0.3, -0.25) is 14.9 Å². The lowest BCUT2D eigenvalue weighted by atomic mass is 10.1. The zero-order valence-electron chi connectivity index (χ0n) is 12.8. The molecule has 25 heavy (non-hydrogen) atoms. The lowest BCUT2D eigenvalue weighted by molar-refractivity contribution is -0.402. The van der Waals surface area contributed by atoms with Crippen LogP contribution in [0, 0.1) is 10.1 Å². The van der Waals surface area contributed by atoms with E-state index in [0.717, 1.165) is 16.4 Å². The van der Waals surface area contributed by atoms with Crippen LogP contribution in [0.15, 0.2) is 69.5 Å². The molecule has 2 aromatic heterocycles. The van der Waals surface area contributed by atoms with Gasteiger partial charge in [-0.25, -0.2) is 0 Å². The van der Waals surface area contributed by atoms with Gasteiger partial charge in [0.2, 0.25) is 0 Å². The number of hydrogen-bond donors (Lipinski definition) is 0. The van der Waals surface area contributed by atoms with Crippen molar-refractivity contribution in [2.45, 2.75) is 0 Å². The highest BCUT2D eigenvalue weighted by atomic mass is 16.6. The van der Waals surface area contributed by atoms with Gasteiger partial charge in [0.05, 0.1) is 6.07 Å². The van der Waals surface area contributed by atoms with E-state index in [2.05, 4.69) is 0 Å². The first-order valence-corrected chi connectivity index (χ1v) is 7.50. The first-order chi connectivity index (χ1) is 12.1. The Labute approximate surface area is 141 Å². The van der Waals surface area contributed by atoms with E-state index in [4.69, 9.17) is 8.83 Å². The molecular weight excluding hydrogens is 322 g/mol. The summed E-state index contributed by atoms with van der Waals surface area (Å²) in [5.41, 5.74) is 1.97. The summed E-state index contributed by atoms with van der Waals surface area (Å²) in [4.78, 5) is 22.3. The molecule has 0 aliphatic heterocycles. The molecule has 0 bridgehead atoms. The van der Waals surface area contributed by atoms with Crippen LogP contribution in [0.3, 0.4) is 0 Å². The third-order valence-corrected chi connectivity index (χ3v) is 3.85. The Morgan fingerprint density at radius 2 is 1.76 bits per heavy atom. The molecule has 0 saturated carbocycles. The minimum atomic E-state index is -0.628. The standard InChI is InChI=1S/C19H11NO5/c21-16(8-6-13-7-10-19(24-13)20(22)23)12-5-9-18-15(11-12)14-3-1-2-4-17(14)25-18/h1-11H/b8-6+. The third-order valence-electron chi connectivity index (χ3n) is 3.85. The van der Waals surface area contributed by atoms with Gasteiger partial charge in [-0.1, -0.05) is 18.2 Å². The molecule has 4 rings (SSSR count). The SMILES string of the molecule is O=C(/C=C/c1ccc([N+](=O)[O-])o1)c1ccc2oc3ccccc3c2c1. The Morgan fingerprint density at radius 3 is 2.56 bits per heavy atom. The normalized spacial score (nSPS) is 11.5. The number of carbonyl (C=O) groups is 1. The van der Waals surface area contributed by atoms with Gasteiger partial charge in [0.15, 0.2) is 5.78 Å². The largest absolute Gasteiger partial charge is 0.456 e. The summed E-state index contributed by atoms with van der Waals surface area (Å²) in [6, 6.07) is 15.5. The molecule has 0 spiro atoms. The minimum Gasteiger partial charge on any atom is -0.456 e. The Kier molecular flexibility index (Phi) is 3.43. The molecule has 0 N–H and O–H groups in total. The van der Waals surface area contributed by atoms with Crippen LogP contribution >= 0.6 is 0 Å². The second-order valence-electron chi connectivity index (χ2n) is 5.44. The fraction of sp³-hybridized carbons (Fsp3) is 0. The van der Waals surface area contributed by atoms with Gasteiger partial charge in [0, 0.05) is 16.3 Å². The molecule has 4 aromatic rings. The molecule has 0 saturated heterocycles. The number of fused-ring (bicyclic) bond motifs is 3. The Hall–Kier alpha value is -3.67. The van der Waals surface area contributed by atoms with Crippen molar-refractivity contribution in [3.63, 3.8) is 0 Å². The number of furan rings is 2. The molecule has 6 heteroatoms. The number of hydrogen-bond acceptors (Lipinski definition) is 5. The lowest BCUT2D eigenvalue weighted by Crippen LogP contribution is -1.93. The van der Waals surface area contributed by atoms with E-state index in [0.29, 0.717) is 11.1 Å². The molecule has 0 amide bonds. The monoisotopic (exact) mass is 333 g/mol. The average molecular weight is 333 g/mol. The maximum absolute atomic E-state index is 12.4. The van der Waals surface area contributed by atoms with E-state index < -0.39 is 4.92 Å². The van der Waals surface area contributed by atoms with Crippen LogP contribution < -0.4 is 0 Å².